The van der Waals surface area contributed by atoms with Crippen molar-refractivity contribution in [2.24, 2.45) is 0 Å². The first-order valence-corrected chi connectivity index (χ1v) is 32.2. The molecule has 0 aromatic carbocycles. The van der Waals surface area contributed by atoms with Crippen LogP contribution in [-0.2, 0) is 33.3 Å². The van der Waals surface area contributed by atoms with Crippen molar-refractivity contribution in [3.05, 3.63) is 85.1 Å². The van der Waals surface area contributed by atoms with Crippen LogP contribution in [0.4, 0.5) is 0 Å². The number of hydrogen-bond donors (Lipinski definition) is 0. The predicted molar refractivity (Wildman–Crippen MR) is 329 cm³/mol. The molecular formula is C69H121NO8. The quantitative estimate of drug-likeness (QED) is 0.0195. The summed E-state index contributed by atoms with van der Waals surface area (Å²) in [5.74, 6) is -2.29. The van der Waals surface area contributed by atoms with Crippen LogP contribution in [0.25, 0.3) is 0 Å². The lowest BCUT2D eigenvalue weighted by atomic mass is 10.0. The average molecular weight is 1090 g/mol. The molecule has 0 aromatic rings. The van der Waals surface area contributed by atoms with Gasteiger partial charge in [0.25, 0.3) is 0 Å². The number of likely N-dealkylation sites (N-methyl/N-ethyl adjacent to an activating group) is 1. The summed E-state index contributed by atoms with van der Waals surface area (Å²) < 4.78 is 22.8. The third kappa shape index (κ3) is 60.1. The average Bonchev–Trinajstić information content (AvgIpc) is 3.41. The Balaban J connectivity index is 4.22. The number of ether oxygens (including phenoxy) is 4. The Morgan fingerprint density at radius 1 is 0.397 bits per heavy atom. The number of allylic oxidation sites excluding steroid dienone is 14. The van der Waals surface area contributed by atoms with E-state index in [1.54, 1.807) is 0 Å². The number of aliphatic carboxylic acids is 1. The van der Waals surface area contributed by atoms with Gasteiger partial charge in [0.15, 0.2) is 12.4 Å². The molecule has 0 spiro atoms. The number of hydrogen-bond acceptors (Lipinski definition) is 8. The standard InChI is InChI=1S/C69H121NO8/c1-6-8-10-12-14-16-18-20-22-24-26-28-30-32-33-34-35-36-38-40-42-44-46-48-50-52-54-56-58-60-67(72)78-65(64-77-69(68(73)74)75-62-61-70(3,4)5)63-76-66(71)59-57-55-53-51-49-47-45-43-41-39-37-31-29-27-25-23-21-19-17-15-13-11-9-7-2/h8,10,14,16,20,22,26,28,32-33,35-36,40,42,65,69H,6-7,9,11-13,15,17-19,21,23-25,27,29-31,34,37-39,41,43-64H2,1-5H3/b10-8-,16-14-,22-20-,28-26-,33-32-,36-35-,42-40-. The number of rotatable bonds is 59. The maximum absolute atomic E-state index is 12.9. The van der Waals surface area contributed by atoms with Crippen LogP contribution in [0.1, 0.15) is 277 Å². The maximum atomic E-state index is 12.9. The first kappa shape index (κ1) is 74.5. The molecular weight excluding hydrogens is 971 g/mol. The Labute approximate surface area is 480 Å². The number of carboxylic acids is 1. The van der Waals surface area contributed by atoms with Crippen molar-refractivity contribution < 1.29 is 42.9 Å². The maximum Gasteiger partial charge on any atom is 0.306 e. The van der Waals surface area contributed by atoms with Crippen molar-refractivity contribution in [3.8, 4) is 0 Å². The lowest BCUT2D eigenvalue weighted by molar-refractivity contribution is -0.870. The minimum Gasteiger partial charge on any atom is -0.545 e. The third-order valence-electron chi connectivity index (χ3n) is 13.9. The van der Waals surface area contributed by atoms with Crippen LogP contribution in [0, 0.1) is 0 Å². The monoisotopic (exact) mass is 1090 g/mol. The minimum absolute atomic E-state index is 0.143. The molecule has 0 saturated heterocycles. The summed E-state index contributed by atoms with van der Waals surface area (Å²) in [4.78, 5) is 37.4. The molecule has 78 heavy (non-hydrogen) atoms. The molecule has 450 valence electrons. The lowest BCUT2D eigenvalue weighted by Gasteiger charge is -2.26. The van der Waals surface area contributed by atoms with Crippen molar-refractivity contribution in [2.75, 3.05) is 47.5 Å². The Morgan fingerprint density at radius 2 is 0.731 bits per heavy atom. The summed E-state index contributed by atoms with van der Waals surface area (Å²) in [7, 11) is 5.92. The topological polar surface area (TPSA) is 111 Å². The van der Waals surface area contributed by atoms with Gasteiger partial charge in [0, 0.05) is 12.8 Å². The van der Waals surface area contributed by atoms with E-state index in [1.807, 2.05) is 21.1 Å². The Bertz CT molecular complexity index is 1550. The SMILES string of the molecule is CC/C=C\C/C=C\C/C=C\C/C=C\C/C=C\C/C=C\C/C=C\CCCCCCCCCC(=O)OC(COC(=O)CCCCCCCCCCCCCCCCCCCCCCCCCC)COC(OCC[N+](C)(C)C)C(=O)[O-]. The van der Waals surface area contributed by atoms with Gasteiger partial charge in [0.2, 0.25) is 0 Å². The van der Waals surface area contributed by atoms with Gasteiger partial charge in [-0.15, -0.1) is 0 Å². The molecule has 0 radical (unpaired) electrons. The number of carboxylic acid groups (broad SMARTS) is 1. The van der Waals surface area contributed by atoms with E-state index in [-0.39, 0.29) is 32.2 Å². The van der Waals surface area contributed by atoms with Crippen LogP contribution in [0.15, 0.2) is 85.1 Å². The van der Waals surface area contributed by atoms with E-state index in [2.05, 4.69) is 98.9 Å². The molecule has 0 aliphatic heterocycles. The van der Waals surface area contributed by atoms with Crippen LogP contribution in [0.5, 0.6) is 0 Å². The largest absolute Gasteiger partial charge is 0.545 e. The van der Waals surface area contributed by atoms with Crippen molar-refractivity contribution in [1.82, 2.24) is 0 Å². The molecule has 9 heteroatoms. The van der Waals surface area contributed by atoms with E-state index in [1.165, 1.54) is 154 Å². The van der Waals surface area contributed by atoms with Crippen LogP contribution < -0.4 is 5.11 Å². The fourth-order valence-electron chi connectivity index (χ4n) is 8.99. The van der Waals surface area contributed by atoms with E-state index in [9.17, 15) is 19.5 Å². The summed E-state index contributed by atoms with van der Waals surface area (Å²) in [6.45, 7) is 4.65. The minimum atomic E-state index is -1.63. The number of quaternary nitrogens is 1. The first-order chi connectivity index (χ1) is 38.1. The van der Waals surface area contributed by atoms with Gasteiger partial charge in [0.05, 0.1) is 40.3 Å². The van der Waals surface area contributed by atoms with Crippen LogP contribution in [0.2, 0.25) is 0 Å². The smallest absolute Gasteiger partial charge is 0.306 e. The second-order valence-electron chi connectivity index (χ2n) is 22.7. The Morgan fingerprint density at radius 3 is 1.09 bits per heavy atom. The fourth-order valence-corrected chi connectivity index (χ4v) is 8.99. The van der Waals surface area contributed by atoms with E-state index in [0.717, 1.165) is 89.9 Å². The van der Waals surface area contributed by atoms with Gasteiger partial charge in [0.1, 0.15) is 13.2 Å². The molecule has 2 unspecified atom stereocenters. The first-order valence-electron chi connectivity index (χ1n) is 32.2. The van der Waals surface area contributed by atoms with Crippen LogP contribution >= 0.6 is 0 Å². The molecule has 0 N–H and O–H groups in total. The van der Waals surface area contributed by atoms with Crippen molar-refractivity contribution in [2.45, 2.75) is 289 Å². The molecule has 0 amide bonds. The molecule has 2 atom stereocenters. The molecule has 0 fully saturated rings. The van der Waals surface area contributed by atoms with E-state index < -0.39 is 24.3 Å². The summed E-state index contributed by atoms with van der Waals surface area (Å²) >= 11 is 0. The Kier molecular flexibility index (Phi) is 56.9. The molecule has 9 nitrogen and oxygen atoms in total. The number of unbranched alkanes of at least 4 members (excludes halogenated alkanes) is 30. The highest BCUT2D eigenvalue weighted by Gasteiger charge is 2.22. The summed E-state index contributed by atoms with van der Waals surface area (Å²) in [6.07, 6.45) is 76.4. The Hall–Kier alpha value is -3.53. The second-order valence-corrected chi connectivity index (χ2v) is 22.7. The fraction of sp³-hybridized carbons (Fsp3) is 0.754. The highest BCUT2D eigenvalue weighted by molar-refractivity contribution is 5.70. The van der Waals surface area contributed by atoms with Gasteiger partial charge < -0.3 is 33.3 Å². The number of nitrogens with zero attached hydrogens (tertiary/aromatic N) is 1. The molecule has 0 rings (SSSR count). The lowest BCUT2D eigenvalue weighted by Crippen LogP contribution is -2.44. The van der Waals surface area contributed by atoms with Gasteiger partial charge in [-0.3, -0.25) is 9.59 Å². The van der Waals surface area contributed by atoms with E-state index in [0.29, 0.717) is 23.9 Å². The molecule has 0 bridgehead atoms. The van der Waals surface area contributed by atoms with Crippen LogP contribution in [0.3, 0.4) is 0 Å². The molecule has 0 saturated carbocycles. The zero-order valence-corrected chi connectivity index (χ0v) is 51.3. The van der Waals surface area contributed by atoms with E-state index >= 15 is 0 Å². The van der Waals surface area contributed by atoms with Crippen molar-refractivity contribution >= 4 is 17.9 Å². The van der Waals surface area contributed by atoms with Crippen LogP contribution in [-0.4, -0.2) is 82.3 Å². The van der Waals surface area contributed by atoms with Crippen molar-refractivity contribution in [3.63, 3.8) is 0 Å². The van der Waals surface area contributed by atoms with Crippen molar-refractivity contribution in [1.29, 1.82) is 0 Å². The van der Waals surface area contributed by atoms with Gasteiger partial charge in [-0.05, 0) is 70.6 Å². The normalized spacial score (nSPS) is 13.3. The highest BCUT2D eigenvalue weighted by Crippen LogP contribution is 2.17. The predicted octanol–water partition coefficient (Wildman–Crippen LogP) is 18.2. The van der Waals surface area contributed by atoms with E-state index in [4.69, 9.17) is 18.9 Å². The van der Waals surface area contributed by atoms with Gasteiger partial charge in [-0.25, -0.2) is 0 Å². The number of esters is 2. The zero-order valence-electron chi connectivity index (χ0n) is 51.3. The molecule has 0 aliphatic carbocycles. The summed E-state index contributed by atoms with van der Waals surface area (Å²) in [5, 5.41) is 11.8. The summed E-state index contributed by atoms with van der Waals surface area (Å²) in [6, 6.07) is 0. The molecule has 0 aromatic heterocycles. The highest BCUT2D eigenvalue weighted by atomic mass is 16.7. The third-order valence-corrected chi connectivity index (χ3v) is 13.9. The second kappa shape index (κ2) is 59.6. The molecule has 0 heterocycles. The van der Waals surface area contributed by atoms with Gasteiger partial charge >= 0.3 is 11.9 Å². The summed E-state index contributed by atoms with van der Waals surface area (Å²) in [5.41, 5.74) is 0. The molecule has 0 aliphatic rings. The number of carbonyl (C=O) groups is 3. The van der Waals surface area contributed by atoms with Gasteiger partial charge in [-0.1, -0.05) is 279 Å². The zero-order chi connectivity index (χ0) is 56.9. The number of carbonyl (C=O) groups excluding carboxylic acids is 3. The van der Waals surface area contributed by atoms with Gasteiger partial charge in [-0.2, -0.15) is 0 Å².